The molecule has 0 radical (unpaired) electrons. The fourth-order valence-corrected chi connectivity index (χ4v) is 4.10. The third-order valence-electron chi connectivity index (χ3n) is 4.77. The summed E-state index contributed by atoms with van der Waals surface area (Å²) in [7, 11) is 0. The molecule has 6 nitrogen and oxygen atoms in total. The summed E-state index contributed by atoms with van der Waals surface area (Å²) in [5.74, 6) is 1.72. The molecular weight excluding hydrogens is 356 g/mol. The summed E-state index contributed by atoms with van der Waals surface area (Å²) < 4.78 is 0. The lowest BCUT2D eigenvalue weighted by molar-refractivity contribution is 0.648. The van der Waals surface area contributed by atoms with Gasteiger partial charge in [-0.25, -0.2) is 15.0 Å². The van der Waals surface area contributed by atoms with E-state index in [1.807, 2.05) is 48.1 Å². The van der Waals surface area contributed by atoms with Crippen LogP contribution in [0, 0.1) is 0 Å². The number of para-hydroxylation sites is 1. The molecule has 3 aromatic heterocycles. The molecule has 1 aromatic carbocycles. The zero-order valence-corrected chi connectivity index (χ0v) is 15.5. The molecule has 0 spiro atoms. The molecule has 0 amide bonds. The predicted molar refractivity (Wildman–Crippen MR) is 109 cm³/mol. The molecule has 5 rings (SSSR count). The van der Waals surface area contributed by atoms with Crippen LogP contribution in [0.25, 0.3) is 22.3 Å². The van der Waals surface area contributed by atoms with Crippen LogP contribution in [0.4, 0.5) is 10.9 Å². The smallest absolute Gasteiger partial charge is 0.185 e. The Morgan fingerprint density at radius 2 is 1.70 bits per heavy atom. The Bertz CT molecular complexity index is 1040. The molecule has 1 aliphatic rings. The Kier molecular flexibility index (Phi) is 4.14. The van der Waals surface area contributed by atoms with Gasteiger partial charge in [0.2, 0.25) is 0 Å². The highest BCUT2D eigenvalue weighted by atomic mass is 32.1. The minimum Gasteiger partial charge on any atom is -0.352 e. The summed E-state index contributed by atoms with van der Waals surface area (Å²) in [4.78, 5) is 23.0. The Hall–Kier alpha value is -3.06. The van der Waals surface area contributed by atoms with Crippen molar-refractivity contribution in [2.75, 3.05) is 36.0 Å². The average Bonchev–Trinajstić information content (AvgIpc) is 3.29. The fraction of sp³-hybridized carbons (Fsp3) is 0.200. The van der Waals surface area contributed by atoms with E-state index < -0.39 is 0 Å². The van der Waals surface area contributed by atoms with Gasteiger partial charge in [0.25, 0.3) is 0 Å². The molecule has 7 heteroatoms. The lowest BCUT2D eigenvalue weighted by Crippen LogP contribution is -2.47. The molecule has 0 atom stereocenters. The molecule has 1 saturated heterocycles. The van der Waals surface area contributed by atoms with Crippen molar-refractivity contribution in [2.24, 2.45) is 0 Å². The van der Waals surface area contributed by atoms with Gasteiger partial charge in [-0.05, 0) is 24.3 Å². The molecule has 27 heavy (non-hydrogen) atoms. The van der Waals surface area contributed by atoms with Crippen LogP contribution in [0.5, 0.6) is 0 Å². The minimum absolute atomic E-state index is 0.721. The van der Waals surface area contributed by atoms with Gasteiger partial charge >= 0.3 is 0 Å². The summed E-state index contributed by atoms with van der Waals surface area (Å²) in [6, 6.07) is 12.1. The van der Waals surface area contributed by atoms with Crippen molar-refractivity contribution in [3.05, 3.63) is 60.4 Å². The lowest BCUT2D eigenvalue weighted by atomic mass is 10.2. The number of piperazine rings is 1. The molecule has 0 aliphatic carbocycles. The fourth-order valence-electron chi connectivity index (χ4n) is 3.41. The third-order valence-corrected chi connectivity index (χ3v) is 5.60. The molecule has 4 aromatic rings. The van der Waals surface area contributed by atoms with E-state index in [1.54, 1.807) is 17.5 Å². The van der Waals surface area contributed by atoms with Crippen molar-refractivity contribution in [3.63, 3.8) is 0 Å². The highest BCUT2D eigenvalue weighted by Crippen LogP contribution is 2.29. The molecule has 4 heterocycles. The number of benzene rings is 1. The van der Waals surface area contributed by atoms with Crippen LogP contribution < -0.4 is 9.80 Å². The summed E-state index contributed by atoms with van der Waals surface area (Å²) in [5.41, 5.74) is 1.90. The Morgan fingerprint density at radius 1 is 0.852 bits per heavy atom. The summed E-state index contributed by atoms with van der Waals surface area (Å²) in [6.07, 6.45) is 5.45. The van der Waals surface area contributed by atoms with Gasteiger partial charge in [-0.3, -0.25) is 4.98 Å². The molecule has 0 unspecified atom stereocenters. The maximum Gasteiger partial charge on any atom is 0.185 e. The summed E-state index contributed by atoms with van der Waals surface area (Å²) >= 11 is 1.69. The van der Waals surface area contributed by atoms with Gasteiger partial charge in [0.15, 0.2) is 11.0 Å². The Balaban J connectivity index is 1.51. The first-order chi connectivity index (χ1) is 13.4. The van der Waals surface area contributed by atoms with Crippen LogP contribution in [-0.2, 0) is 0 Å². The minimum atomic E-state index is 0.721. The first kappa shape index (κ1) is 16.1. The maximum atomic E-state index is 4.93. The van der Waals surface area contributed by atoms with Crippen molar-refractivity contribution < 1.29 is 0 Å². The molecule has 1 fully saturated rings. The number of aromatic nitrogens is 4. The maximum absolute atomic E-state index is 4.93. The van der Waals surface area contributed by atoms with Gasteiger partial charge in [0.1, 0.15) is 5.82 Å². The number of hydrogen-bond donors (Lipinski definition) is 0. The Labute approximate surface area is 161 Å². The van der Waals surface area contributed by atoms with Gasteiger partial charge < -0.3 is 9.80 Å². The van der Waals surface area contributed by atoms with Crippen molar-refractivity contribution in [3.8, 4) is 11.4 Å². The topological polar surface area (TPSA) is 58.0 Å². The van der Waals surface area contributed by atoms with Crippen LogP contribution in [0.3, 0.4) is 0 Å². The van der Waals surface area contributed by atoms with Crippen LogP contribution in [-0.4, -0.2) is 46.1 Å². The van der Waals surface area contributed by atoms with Crippen molar-refractivity contribution in [2.45, 2.75) is 0 Å². The number of pyridine rings is 1. The first-order valence-electron chi connectivity index (χ1n) is 8.95. The number of hydrogen-bond acceptors (Lipinski definition) is 7. The largest absolute Gasteiger partial charge is 0.352 e. The van der Waals surface area contributed by atoms with Crippen LogP contribution in [0.1, 0.15) is 0 Å². The molecule has 134 valence electrons. The second-order valence-corrected chi connectivity index (χ2v) is 7.29. The van der Waals surface area contributed by atoms with Crippen LogP contribution >= 0.6 is 11.3 Å². The average molecular weight is 374 g/mol. The molecule has 0 saturated carbocycles. The van der Waals surface area contributed by atoms with Crippen molar-refractivity contribution >= 4 is 33.2 Å². The van der Waals surface area contributed by atoms with E-state index in [0.717, 1.165) is 59.4 Å². The Morgan fingerprint density at radius 3 is 2.48 bits per heavy atom. The van der Waals surface area contributed by atoms with Gasteiger partial charge in [0.05, 0.1) is 5.52 Å². The number of rotatable bonds is 3. The standard InChI is InChI=1S/C20H18N6S/c1-2-6-17-16(5-1)19(24-18(23-17)15-4-3-7-21-14-15)25-9-11-26(12-10-25)20-22-8-13-27-20/h1-8,13-14H,9-12H2. The number of nitrogens with zero attached hydrogens (tertiary/aromatic N) is 6. The highest BCUT2D eigenvalue weighted by Gasteiger charge is 2.22. The van der Waals surface area contributed by atoms with E-state index in [-0.39, 0.29) is 0 Å². The van der Waals surface area contributed by atoms with Gasteiger partial charge in [-0.1, -0.05) is 12.1 Å². The van der Waals surface area contributed by atoms with E-state index in [1.165, 1.54) is 0 Å². The first-order valence-corrected chi connectivity index (χ1v) is 9.83. The van der Waals surface area contributed by atoms with E-state index in [9.17, 15) is 0 Å². The normalized spacial score (nSPS) is 14.7. The quantitative estimate of drug-likeness (QED) is 0.547. The molecular formula is C20H18N6S. The number of thiazole rings is 1. The second-order valence-electron chi connectivity index (χ2n) is 6.42. The highest BCUT2D eigenvalue weighted by molar-refractivity contribution is 7.13. The molecule has 0 N–H and O–H groups in total. The van der Waals surface area contributed by atoms with E-state index in [0.29, 0.717) is 0 Å². The number of fused-ring (bicyclic) bond motifs is 1. The summed E-state index contributed by atoms with van der Waals surface area (Å²) in [6.45, 7) is 3.70. The zero-order chi connectivity index (χ0) is 18.1. The zero-order valence-electron chi connectivity index (χ0n) is 14.7. The lowest BCUT2D eigenvalue weighted by Gasteiger charge is -2.35. The summed E-state index contributed by atoms with van der Waals surface area (Å²) in [5, 5.41) is 4.21. The molecule has 1 aliphatic heterocycles. The van der Waals surface area contributed by atoms with Gasteiger partial charge in [-0.2, -0.15) is 0 Å². The van der Waals surface area contributed by atoms with E-state index >= 15 is 0 Å². The monoisotopic (exact) mass is 374 g/mol. The second kappa shape index (κ2) is 6.92. The van der Waals surface area contributed by atoms with E-state index in [4.69, 9.17) is 9.97 Å². The van der Waals surface area contributed by atoms with Crippen LogP contribution in [0.2, 0.25) is 0 Å². The van der Waals surface area contributed by atoms with Gasteiger partial charge in [-0.15, -0.1) is 11.3 Å². The number of anilines is 2. The van der Waals surface area contributed by atoms with Gasteiger partial charge in [0, 0.05) is 61.1 Å². The van der Waals surface area contributed by atoms with E-state index in [2.05, 4.69) is 25.8 Å². The third kappa shape index (κ3) is 3.10. The van der Waals surface area contributed by atoms with Crippen molar-refractivity contribution in [1.82, 2.24) is 19.9 Å². The predicted octanol–water partition coefficient (Wildman–Crippen LogP) is 3.47. The SMILES string of the molecule is c1cncc(-c2nc(N3CCN(c4nccs4)CC3)c3ccccc3n2)c1. The van der Waals surface area contributed by atoms with Crippen LogP contribution in [0.15, 0.2) is 60.4 Å². The molecule has 0 bridgehead atoms. The van der Waals surface area contributed by atoms with Crippen molar-refractivity contribution in [1.29, 1.82) is 0 Å².